The minimum absolute atomic E-state index is 0.0524. The van der Waals surface area contributed by atoms with Gasteiger partial charge in [0.1, 0.15) is 6.61 Å². The van der Waals surface area contributed by atoms with Crippen LogP contribution in [0, 0.1) is 5.41 Å². The lowest BCUT2D eigenvalue weighted by molar-refractivity contribution is -0.122. The third-order valence-corrected chi connectivity index (χ3v) is 7.39. The lowest BCUT2D eigenvalue weighted by atomic mass is 9.75. The minimum Gasteiger partial charge on any atom is -0.474 e. The Labute approximate surface area is 174 Å². The second kappa shape index (κ2) is 9.68. The number of carbonyl (C=O) groups is 1. The fourth-order valence-corrected chi connectivity index (χ4v) is 5.16. The van der Waals surface area contributed by atoms with Crippen molar-refractivity contribution in [1.29, 1.82) is 0 Å². The summed E-state index contributed by atoms with van der Waals surface area (Å²) >= 11 is 1.71. The molecular weight excluding hydrogens is 374 g/mol. The number of nitrogens with one attached hydrogen (secondary N) is 1. The van der Waals surface area contributed by atoms with E-state index in [9.17, 15) is 9.90 Å². The van der Waals surface area contributed by atoms with Crippen LogP contribution in [0.4, 0.5) is 0 Å². The second-order valence-corrected chi connectivity index (χ2v) is 10.6. The maximum absolute atomic E-state index is 13.0. The Balaban J connectivity index is 2.13. The summed E-state index contributed by atoms with van der Waals surface area (Å²) in [7, 11) is 0. The van der Waals surface area contributed by atoms with E-state index in [-0.39, 0.29) is 5.91 Å². The highest BCUT2D eigenvalue weighted by molar-refractivity contribution is 8.01. The zero-order chi connectivity index (χ0) is 20.9. The Kier molecular flexibility index (Phi) is 8.06. The lowest BCUT2D eigenvalue weighted by Crippen LogP contribution is -2.42. The summed E-state index contributed by atoms with van der Waals surface area (Å²) in [5, 5.41) is 14.0. The third kappa shape index (κ3) is 5.55. The SMILES string of the molecule is CCC1=C(C(C)(C)C(O)CC)C=C(NC(=O)C(C)(C)SC2CCOCC2)OC1. The van der Waals surface area contributed by atoms with Crippen LogP contribution in [0.25, 0.3) is 0 Å². The van der Waals surface area contributed by atoms with Crippen LogP contribution in [0.1, 0.15) is 67.2 Å². The first kappa shape index (κ1) is 23.3. The Morgan fingerprint density at radius 3 is 2.50 bits per heavy atom. The van der Waals surface area contributed by atoms with Crippen LogP contribution in [-0.4, -0.2) is 46.9 Å². The molecular formula is C22H37NO4S. The number of amides is 1. The largest absolute Gasteiger partial charge is 0.474 e. The molecule has 1 amide bonds. The van der Waals surface area contributed by atoms with Crippen LogP contribution < -0.4 is 5.32 Å². The Morgan fingerprint density at radius 1 is 1.29 bits per heavy atom. The summed E-state index contributed by atoms with van der Waals surface area (Å²) in [6.07, 6.45) is 4.97. The van der Waals surface area contributed by atoms with Gasteiger partial charge in [-0.15, -0.1) is 11.8 Å². The molecule has 2 heterocycles. The normalized spacial score (nSPS) is 20.5. The van der Waals surface area contributed by atoms with Crippen molar-refractivity contribution in [3.8, 4) is 0 Å². The smallest absolute Gasteiger partial charge is 0.242 e. The Bertz CT molecular complexity index is 618. The molecule has 0 aromatic carbocycles. The molecule has 1 atom stereocenters. The fraction of sp³-hybridized carbons (Fsp3) is 0.773. The van der Waals surface area contributed by atoms with Crippen molar-refractivity contribution < 1.29 is 19.4 Å². The van der Waals surface area contributed by atoms with Crippen LogP contribution in [-0.2, 0) is 14.3 Å². The van der Waals surface area contributed by atoms with Crippen LogP contribution in [0.2, 0.25) is 0 Å². The molecule has 2 rings (SSSR count). The van der Waals surface area contributed by atoms with Gasteiger partial charge in [0.15, 0.2) is 5.88 Å². The quantitative estimate of drug-likeness (QED) is 0.627. The summed E-state index contributed by atoms with van der Waals surface area (Å²) in [5.74, 6) is 0.428. The molecule has 6 heteroatoms. The number of hydrogen-bond acceptors (Lipinski definition) is 5. The van der Waals surface area contributed by atoms with Gasteiger partial charge in [-0.3, -0.25) is 10.1 Å². The predicted octanol–water partition coefficient (Wildman–Crippen LogP) is 4.17. The molecule has 0 aliphatic carbocycles. The zero-order valence-corrected chi connectivity index (χ0v) is 19.1. The number of aliphatic hydroxyl groups excluding tert-OH is 1. The van der Waals surface area contributed by atoms with Crippen molar-refractivity contribution in [2.45, 2.75) is 83.3 Å². The van der Waals surface area contributed by atoms with Crippen molar-refractivity contribution in [3.63, 3.8) is 0 Å². The molecule has 0 aromatic rings. The molecule has 2 N–H and O–H groups in total. The van der Waals surface area contributed by atoms with Gasteiger partial charge in [-0.05, 0) is 50.7 Å². The van der Waals surface area contributed by atoms with Crippen LogP contribution in [0.3, 0.4) is 0 Å². The summed E-state index contributed by atoms with van der Waals surface area (Å²) in [5.41, 5.74) is 1.85. The van der Waals surface area contributed by atoms with Crippen LogP contribution in [0.5, 0.6) is 0 Å². The standard InChI is InChI=1S/C22H37NO4S/c1-7-15-14-27-19(13-17(15)21(3,4)18(24)8-2)23-20(25)22(5,6)28-16-9-11-26-12-10-16/h13,16,18,24H,7-12,14H2,1-6H3,(H,23,25). The molecule has 0 radical (unpaired) electrons. The number of hydrogen-bond donors (Lipinski definition) is 2. The van der Waals surface area contributed by atoms with Crippen molar-refractivity contribution in [2.75, 3.05) is 19.8 Å². The number of aliphatic hydroxyl groups is 1. The van der Waals surface area contributed by atoms with Gasteiger partial charge in [0.25, 0.3) is 0 Å². The topological polar surface area (TPSA) is 67.8 Å². The second-order valence-electron chi connectivity index (χ2n) is 8.71. The highest BCUT2D eigenvalue weighted by Crippen LogP contribution is 2.39. The van der Waals surface area contributed by atoms with Gasteiger partial charge in [0.05, 0.1) is 10.9 Å². The summed E-state index contributed by atoms with van der Waals surface area (Å²) in [6, 6.07) is 0. The van der Waals surface area contributed by atoms with Gasteiger partial charge in [-0.1, -0.05) is 27.7 Å². The van der Waals surface area contributed by atoms with Crippen molar-refractivity contribution >= 4 is 17.7 Å². The summed E-state index contributed by atoms with van der Waals surface area (Å²) in [4.78, 5) is 13.0. The average Bonchev–Trinajstić information content (AvgIpc) is 2.67. The predicted molar refractivity (Wildman–Crippen MR) is 115 cm³/mol. The summed E-state index contributed by atoms with van der Waals surface area (Å²) < 4.78 is 10.7. The highest BCUT2D eigenvalue weighted by atomic mass is 32.2. The summed E-state index contributed by atoms with van der Waals surface area (Å²) in [6.45, 7) is 14.1. The first-order chi connectivity index (χ1) is 13.1. The molecule has 1 unspecified atom stereocenters. The molecule has 0 aromatic heterocycles. The Morgan fingerprint density at radius 2 is 1.93 bits per heavy atom. The van der Waals surface area contributed by atoms with Crippen molar-refractivity contribution in [3.05, 3.63) is 23.1 Å². The Hall–Kier alpha value is -0.980. The third-order valence-electron chi connectivity index (χ3n) is 5.81. The molecule has 1 saturated heterocycles. The van der Waals surface area contributed by atoms with E-state index in [1.807, 2.05) is 26.8 Å². The molecule has 28 heavy (non-hydrogen) atoms. The van der Waals surface area contributed by atoms with E-state index in [0.29, 0.717) is 24.2 Å². The van der Waals surface area contributed by atoms with E-state index in [1.54, 1.807) is 11.8 Å². The van der Waals surface area contributed by atoms with Crippen LogP contribution in [0.15, 0.2) is 23.1 Å². The molecule has 1 fully saturated rings. The molecule has 0 spiro atoms. The number of ether oxygens (including phenoxy) is 2. The maximum atomic E-state index is 13.0. The number of carbonyl (C=O) groups excluding carboxylic acids is 1. The van der Waals surface area contributed by atoms with Crippen molar-refractivity contribution in [1.82, 2.24) is 5.32 Å². The van der Waals surface area contributed by atoms with E-state index in [1.165, 1.54) is 5.57 Å². The fourth-order valence-electron chi connectivity index (χ4n) is 3.74. The lowest BCUT2D eigenvalue weighted by Gasteiger charge is -2.36. The van der Waals surface area contributed by atoms with Gasteiger partial charge in [0, 0.05) is 30.0 Å². The van der Waals surface area contributed by atoms with E-state index in [4.69, 9.17) is 9.47 Å². The number of thioether (sulfide) groups is 1. The number of allylic oxidation sites excluding steroid dienone is 1. The first-order valence-corrected chi connectivity index (χ1v) is 11.3. The monoisotopic (exact) mass is 411 g/mol. The number of rotatable bonds is 8. The molecule has 2 aliphatic heterocycles. The zero-order valence-electron chi connectivity index (χ0n) is 18.3. The van der Waals surface area contributed by atoms with E-state index in [0.717, 1.165) is 38.0 Å². The maximum Gasteiger partial charge on any atom is 0.242 e. The first-order valence-electron chi connectivity index (χ1n) is 10.4. The van der Waals surface area contributed by atoms with Gasteiger partial charge < -0.3 is 14.6 Å². The van der Waals surface area contributed by atoms with E-state index < -0.39 is 16.3 Å². The molecule has 0 bridgehead atoms. The average molecular weight is 412 g/mol. The van der Waals surface area contributed by atoms with E-state index >= 15 is 0 Å². The minimum atomic E-state index is -0.556. The van der Waals surface area contributed by atoms with Gasteiger partial charge >= 0.3 is 0 Å². The van der Waals surface area contributed by atoms with Crippen molar-refractivity contribution in [2.24, 2.45) is 5.41 Å². The molecule has 160 valence electrons. The molecule has 0 saturated carbocycles. The molecule has 2 aliphatic rings. The van der Waals surface area contributed by atoms with Crippen LogP contribution >= 0.6 is 11.8 Å². The van der Waals surface area contributed by atoms with Gasteiger partial charge in [0.2, 0.25) is 5.91 Å². The molecule has 5 nitrogen and oxygen atoms in total. The van der Waals surface area contributed by atoms with Gasteiger partial charge in [-0.2, -0.15) is 0 Å². The van der Waals surface area contributed by atoms with E-state index in [2.05, 4.69) is 26.1 Å². The van der Waals surface area contributed by atoms with Gasteiger partial charge in [-0.25, -0.2) is 0 Å². The highest BCUT2D eigenvalue weighted by Gasteiger charge is 2.36.